The Labute approximate surface area is 170 Å². The monoisotopic (exact) mass is 410 g/mol. The van der Waals surface area contributed by atoms with Crippen molar-refractivity contribution in [2.45, 2.75) is 18.1 Å². The molecule has 3 N–H and O–H groups in total. The molecule has 2 bridgehead atoms. The number of aromatic hydroxyl groups is 1. The largest absolute Gasteiger partial charge is 0.512 e. The Morgan fingerprint density at radius 3 is 2.43 bits per heavy atom. The minimum atomic E-state index is -4.54. The molecule has 0 saturated heterocycles. The first-order valence-electron chi connectivity index (χ1n) is 9.36. The lowest BCUT2D eigenvalue weighted by Gasteiger charge is -2.35. The van der Waals surface area contributed by atoms with Crippen LogP contribution < -0.4 is 10.4 Å². The molecule has 0 fully saturated rings. The maximum atomic E-state index is 13.8. The summed E-state index contributed by atoms with van der Waals surface area (Å²) in [5, 5.41) is 21.4. The van der Waals surface area contributed by atoms with Crippen LogP contribution >= 0.6 is 0 Å². The molecule has 0 aromatic heterocycles. The predicted molar refractivity (Wildman–Crippen MR) is 107 cm³/mol. The summed E-state index contributed by atoms with van der Waals surface area (Å²) in [4.78, 5) is 0. The van der Waals surface area contributed by atoms with Gasteiger partial charge in [0.15, 0.2) is 0 Å². The number of hydrogen-bond acceptors (Lipinski definition) is 4. The summed E-state index contributed by atoms with van der Waals surface area (Å²) in [6, 6.07) is 11.7. The van der Waals surface area contributed by atoms with Crippen LogP contribution in [-0.4, -0.2) is 15.8 Å². The van der Waals surface area contributed by atoms with Crippen molar-refractivity contribution in [3.8, 4) is 5.75 Å². The van der Waals surface area contributed by atoms with Crippen molar-refractivity contribution in [3.05, 3.63) is 101 Å². The molecule has 1 atom stereocenters. The van der Waals surface area contributed by atoms with E-state index < -0.39 is 17.3 Å². The number of nitrogens with one attached hydrogen (secondary N) is 1. The minimum Gasteiger partial charge on any atom is -0.512 e. The molecular weight excluding hydrogens is 393 g/mol. The molecule has 5 rings (SSSR count). The van der Waals surface area contributed by atoms with E-state index in [1.54, 1.807) is 24.3 Å². The van der Waals surface area contributed by atoms with E-state index in [4.69, 9.17) is 0 Å². The third-order valence-electron chi connectivity index (χ3n) is 5.51. The number of phenolic OH excluding ortho intramolecular Hbond substituents is 1. The lowest BCUT2D eigenvalue weighted by molar-refractivity contribution is -0.137. The van der Waals surface area contributed by atoms with Gasteiger partial charge in [-0.05, 0) is 48.0 Å². The van der Waals surface area contributed by atoms with E-state index in [1.165, 1.54) is 29.3 Å². The van der Waals surface area contributed by atoms with E-state index in [-0.39, 0.29) is 23.6 Å². The minimum absolute atomic E-state index is 0.0401. The third-order valence-corrected chi connectivity index (χ3v) is 5.51. The molecule has 0 saturated carbocycles. The maximum absolute atomic E-state index is 13.8. The Balaban J connectivity index is 1.75. The normalized spacial score (nSPS) is 22.7. The Morgan fingerprint density at radius 2 is 1.70 bits per heavy atom. The fourth-order valence-electron chi connectivity index (χ4n) is 4.29. The van der Waals surface area contributed by atoms with E-state index >= 15 is 0 Å². The average Bonchev–Trinajstić information content (AvgIpc) is 3.00. The zero-order valence-electron chi connectivity index (χ0n) is 15.6. The van der Waals surface area contributed by atoms with E-state index in [0.717, 1.165) is 17.2 Å². The molecule has 7 heteroatoms. The number of allylic oxidation sites excluding steroid dienone is 3. The fourth-order valence-corrected chi connectivity index (χ4v) is 4.29. The Morgan fingerprint density at radius 1 is 0.967 bits per heavy atom. The Kier molecular flexibility index (Phi) is 3.88. The van der Waals surface area contributed by atoms with Crippen molar-refractivity contribution in [2.75, 3.05) is 5.01 Å². The Bertz CT molecular complexity index is 1160. The van der Waals surface area contributed by atoms with Gasteiger partial charge in [0, 0.05) is 17.6 Å². The van der Waals surface area contributed by atoms with Crippen molar-refractivity contribution in [3.63, 3.8) is 0 Å². The van der Waals surface area contributed by atoms with Gasteiger partial charge in [-0.25, -0.2) is 5.43 Å². The zero-order chi connectivity index (χ0) is 21.1. The average molecular weight is 410 g/mol. The second-order valence-electron chi connectivity index (χ2n) is 7.53. The van der Waals surface area contributed by atoms with Crippen molar-refractivity contribution < 1.29 is 23.4 Å². The number of aliphatic hydroxyl groups excluding tert-OH is 1. The number of hydrazine groups is 1. The van der Waals surface area contributed by atoms with Gasteiger partial charge < -0.3 is 10.2 Å². The summed E-state index contributed by atoms with van der Waals surface area (Å²) in [6.45, 7) is 0. The summed E-state index contributed by atoms with van der Waals surface area (Å²) in [5.41, 5.74) is 4.25. The molecule has 0 amide bonds. The molecule has 4 nitrogen and oxygen atoms in total. The van der Waals surface area contributed by atoms with Gasteiger partial charge in [-0.3, -0.25) is 5.01 Å². The highest BCUT2D eigenvalue weighted by Crippen LogP contribution is 2.49. The van der Waals surface area contributed by atoms with Gasteiger partial charge in [0.2, 0.25) is 0 Å². The summed E-state index contributed by atoms with van der Waals surface area (Å²) < 4.78 is 41.4. The van der Waals surface area contributed by atoms with Gasteiger partial charge in [-0.1, -0.05) is 30.4 Å². The van der Waals surface area contributed by atoms with Crippen LogP contribution in [0.15, 0.2) is 89.7 Å². The molecule has 2 aromatic carbocycles. The lowest BCUT2D eigenvalue weighted by atomic mass is 9.77. The van der Waals surface area contributed by atoms with Crippen LogP contribution in [0.1, 0.15) is 17.5 Å². The molecule has 1 spiro atoms. The SMILES string of the molecule is OC1=CC2=CC3(C1)NN(c1ccccc1C(F)(F)F)C(c1ccc(O)cc1)=C3C=C2. The molecule has 30 heavy (non-hydrogen) atoms. The van der Waals surface area contributed by atoms with Crippen molar-refractivity contribution in [1.82, 2.24) is 5.43 Å². The van der Waals surface area contributed by atoms with Gasteiger partial charge in [-0.15, -0.1) is 0 Å². The zero-order valence-corrected chi connectivity index (χ0v) is 15.6. The highest BCUT2D eigenvalue weighted by molar-refractivity contribution is 5.89. The lowest BCUT2D eigenvalue weighted by Crippen LogP contribution is -2.49. The molecule has 1 heterocycles. The molecule has 152 valence electrons. The first kappa shape index (κ1) is 18.6. The molecular formula is C23H17F3N2O2. The topological polar surface area (TPSA) is 55.7 Å². The number of anilines is 1. The second-order valence-corrected chi connectivity index (χ2v) is 7.53. The third kappa shape index (κ3) is 2.81. The highest BCUT2D eigenvalue weighted by Gasteiger charge is 2.48. The van der Waals surface area contributed by atoms with Crippen molar-refractivity contribution >= 4 is 11.4 Å². The number of alkyl halides is 3. The number of phenols is 1. The fraction of sp³-hybridized carbons (Fsp3) is 0.130. The second kappa shape index (κ2) is 6.27. The number of aliphatic hydroxyl groups is 1. The van der Waals surface area contributed by atoms with Gasteiger partial charge in [-0.2, -0.15) is 13.2 Å². The van der Waals surface area contributed by atoms with Gasteiger partial charge in [0.25, 0.3) is 0 Å². The van der Waals surface area contributed by atoms with Crippen LogP contribution in [0.25, 0.3) is 5.70 Å². The quantitative estimate of drug-likeness (QED) is 0.635. The molecule has 2 aromatic rings. The smallest absolute Gasteiger partial charge is 0.418 e. The van der Waals surface area contributed by atoms with Gasteiger partial charge >= 0.3 is 6.18 Å². The number of nitrogens with zero attached hydrogens (tertiary/aromatic N) is 1. The van der Waals surface area contributed by atoms with Crippen molar-refractivity contribution in [2.24, 2.45) is 0 Å². The highest BCUT2D eigenvalue weighted by atomic mass is 19.4. The maximum Gasteiger partial charge on any atom is 0.418 e. The van der Waals surface area contributed by atoms with Crippen LogP contribution in [-0.2, 0) is 6.18 Å². The first-order valence-corrected chi connectivity index (χ1v) is 9.36. The van der Waals surface area contributed by atoms with E-state index in [9.17, 15) is 23.4 Å². The number of benzene rings is 2. The van der Waals surface area contributed by atoms with Gasteiger partial charge in [0.1, 0.15) is 5.75 Å². The van der Waals surface area contributed by atoms with E-state index in [0.29, 0.717) is 11.3 Å². The standard InChI is InChI=1S/C23H17F3N2O2/c24-23(25,26)18-3-1-2-4-20(18)28-21(15-6-8-16(29)9-7-15)19-10-5-14-11-17(30)13-22(19,12-14)27-28/h1-12,27,29-30H,13H2. The molecule has 0 radical (unpaired) electrons. The molecule has 1 unspecified atom stereocenters. The molecule has 1 aliphatic heterocycles. The van der Waals surface area contributed by atoms with E-state index in [2.05, 4.69) is 5.43 Å². The van der Waals surface area contributed by atoms with E-state index in [1.807, 2.05) is 18.2 Å². The predicted octanol–water partition coefficient (Wildman–Crippen LogP) is 5.23. The first-order chi connectivity index (χ1) is 14.3. The molecule has 3 aliphatic rings. The van der Waals surface area contributed by atoms with Crippen molar-refractivity contribution in [1.29, 1.82) is 0 Å². The number of para-hydroxylation sites is 1. The van der Waals surface area contributed by atoms with Gasteiger partial charge in [0.05, 0.1) is 28.2 Å². The van der Waals surface area contributed by atoms with Crippen LogP contribution in [0.5, 0.6) is 5.75 Å². The Hall–Kier alpha value is -3.45. The van der Waals surface area contributed by atoms with Crippen LogP contribution in [0, 0.1) is 0 Å². The van der Waals surface area contributed by atoms with Crippen LogP contribution in [0.4, 0.5) is 18.9 Å². The molecule has 2 aliphatic carbocycles. The summed E-state index contributed by atoms with van der Waals surface area (Å²) in [6.07, 6.45) is 2.92. The summed E-state index contributed by atoms with van der Waals surface area (Å²) >= 11 is 0. The number of hydrogen-bond donors (Lipinski definition) is 3. The summed E-state index contributed by atoms with van der Waals surface area (Å²) in [5.74, 6) is 0.213. The number of halogens is 3. The van der Waals surface area contributed by atoms with Crippen LogP contribution in [0.2, 0.25) is 0 Å². The number of rotatable bonds is 2. The summed E-state index contributed by atoms with van der Waals surface area (Å²) in [7, 11) is 0. The van der Waals surface area contributed by atoms with Crippen LogP contribution in [0.3, 0.4) is 0 Å².